The van der Waals surface area contributed by atoms with Gasteiger partial charge in [0.25, 0.3) is 0 Å². The molecule has 2 aromatic carbocycles. The third-order valence-electron chi connectivity index (χ3n) is 3.31. The van der Waals surface area contributed by atoms with E-state index < -0.39 is 0 Å². The third-order valence-corrected chi connectivity index (χ3v) is 4.18. The summed E-state index contributed by atoms with van der Waals surface area (Å²) in [7, 11) is 0. The molecule has 3 aromatic rings. The fourth-order valence-corrected chi connectivity index (χ4v) is 3.37. The first kappa shape index (κ1) is 17.1. The van der Waals surface area contributed by atoms with Crippen molar-refractivity contribution in [2.45, 2.75) is 0 Å². The second-order valence-electron chi connectivity index (χ2n) is 5.02. The van der Waals surface area contributed by atoms with Gasteiger partial charge in [-0.25, -0.2) is 4.98 Å². The van der Waals surface area contributed by atoms with Crippen LogP contribution in [0.15, 0.2) is 48.5 Å². The smallest absolute Gasteiger partial charge is 0.101 e. The molecule has 0 unspecified atom stereocenters. The maximum Gasteiger partial charge on any atom is 0.101 e. The predicted molar refractivity (Wildman–Crippen MR) is 99.9 cm³/mol. The molecule has 118 valence electrons. The summed E-state index contributed by atoms with van der Waals surface area (Å²) in [6.07, 6.45) is 0. The molecule has 0 bridgehead atoms. The van der Waals surface area contributed by atoms with Crippen molar-refractivity contribution in [1.82, 2.24) is 4.98 Å². The van der Waals surface area contributed by atoms with Gasteiger partial charge in [-0.15, -0.1) is 0 Å². The highest BCUT2D eigenvalue weighted by atomic mass is 35.5. The van der Waals surface area contributed by atoms with E-state index in [0.717, 1.165) is 5.56 Å². The SMILES string of the molecule is N#Cc1ccc(-c2cc(Cl)cc(Cl)c2)nc1-c1cc(Cl)cc(Cl)c1. The van der Waals surface area contributed by atoms with Gasteiger partial charge in [-0.3, -0.25) is 0 Å². The first-order valence-corrected chi connectivity index (χ1v) is 8.31. The number of hydrogen-bond acceptors (Lipinski definition) is 2. The van der Waals surface area contributed by atoms with Gasteiger partial charge in [0.2, 0.25) is 0 Å². The van der Waals surface area contributed by atoms with Crippen molar-refractivity contribution in [3.8, 4) is 28.6 Å². The largest absolute Gasteiger partial charge is 0.246 e. The number of nitrogens with zero attached hydrogens (tertiary/aromatic N) is 2. The Hall–Kier alpha value is -1.76. The average Bonchev–Trinajstić information content (AvgIpc) is 2.52. The number of hydrogen-bond donors (Lipinski definition) is 0. The first-order valence-electron chi connectivity index (χ1n) is 6.80. The van der Waals surface area contributed by atoms with Gasteiger partial charge in [0.05, 0.1) is 17.0 Å². The Morgan fingerprint density at radius 2 is 1.21 bits per heavy atom. The van der Waals surface area contributed by atoms with Gasteiger partial charge in [0, 0.05) is 31.2 Å². The van der Waals surface area contributed by atoms with Gasteiger partial charge in [-0.05, 0) is 48.5 Å². The highest BCUT2D eigenvalue weighted by Gasteiger charge is 2.12. The molecule has 0 atom stereocenters. The molecule has 0 aliphatic carbocycles. The summed E-state index contributed by atoms with van der Waals surface area (Å²) < 4.78 is 0. The molecule has 0 fully saturated rings. The van der Waals surface area contributed by atoms with Crippen LogP contribution in [0.5, 0.6) is 0 Å². The topological polar surface area (TPSA) is 36.7 Å². The van der Waals surface area contributed by atoms with Crippen LogP contribution in [0.4, 0.5) is 0 Å². The van der Waals surface area contributed by atoms with E-state index in [4.69, 9.17) is 46.4 Å². The molecule has 1 aromatic heterocycles. The van der Waals surface area contributed by atoms with Gasteiger partial charge in [-0.1, -0.05) is 46.4 Å². The molecule has 0 saturated heterocycles. The molecule has 1 heterocycles. The molecule has 0 aliphatic heterocycles. The van der Waals surface area contributed by atoms with Gasteiger partial charge >= 0.3 is 0 Å². The van der Waals surface area contributed by atoms with Crippen LogP contribution >= 0.6 is 46.4 Å². The highest BCUT2D eigenvalue weighted by Crippen LogP contribution is 2.32. The monoisotopic (exact) mass is 392 g/mol. The van der Waals surface area contributed by atoms with E-state index in [9.17, 15) is 5.26 Å². The minimum absolute atomic E-state index is 0.421. The molecule has 3 rings (SSSR count). The van der Waals surface area contributed by atoms with Crippen molar-refractivity contribution in [2.75, 3.05) is 0 Å². The van der Waals surface area contributed by atoms with E-state index in [0.29, 0.717) is 42.6 Å². The van der Waals surface area contributed by atoms with Gasteiger partial charge in [0.15, 0.2) is 0 Å². The highest BCUT2D eigenvalue weighted by molar-refractivity contribution is 6.35. The van der Waals surface area contributed by atoms with E-state index in [1.807, 2.05) is 0 Å². The zero-order chi connectivity index (χ0) is 17.3. The maximum absolute atomic E-state index is 9.37. The van der Waals surface area contributed by atoms with E-state index in [1.165, 1.54) is 0 Å². The van der Waals surface area contributed by atoms with Crippen LogP contribution in [0.3, 0.4) is 0 Å². The van der Waals surface area contributed by atoms with Gasteiger partial charge in [-0.2, -0.15) is 5.26 Å². The lowest BCUT2D eigenvalue weighted by molar-refractivity contribution is 1.30. The van der Waals surface area contributed by atoms with Crippen molar-refractivity contribution in [2.24, 2.45) is 0 Å². The third kappa shape index (κ3) is 3.66. The average molecular weight is 394 g/mol. The Labute approximate surface area is 159 Å². The number of nitriles is 1. The van der Waals surface area contributed by atoms with Crippen LogP contribution in [-0.4, -0.2) is 4.98 Å². The van der Waals surface area contributed by atoms with Crippen molar-refractivity contribution < 1.29 is 0 Å². The molecule has 2 nitrogen and oxygen atoms in total. The summed E-state index contributed by atoms with van der Waals surface area (Å²) in [5.41, 5.74) is 2.98. The predicted octanol–water partition coefficient (Wildman–Crippen LogP) is 6.90. The maximum atomic E-state index is 9.37. The van der Waals surface area contributed by atoms with Crippen LogP contribution in [0.2, 0.25) is 20.1 Å². The molecular formula is C18H8Cl4N2. The number of halogens is 4. The lowest BCUT2D eigenvalue weighted by Crippen LogP contribution is -1.93. The fourth-order valence-electron chi connectivity index (χ4n) is 2.32. The molecular weight excluding hydrogens is 386 g/mol. The Morgan fingerprint density at radius 3 is 1.71 bits per heavy atom. The van der Waals surface area contributed by atoms with Crippen LogP contribution in [0.25, 0.3) is 22.5 Å². The van der Waals surface area contributed by atoms with Crippen molar-refractivity contribution >= 4 is 46.4 Å². The van der Waals surface area contributed by atoms with Crippen LogP contribution < -0.4 is 0 Å². The summed E-state index contributed by atoms with van der Waals surface area (Å²) >= 11 is 24.2. The zero-order valence-corrected chi connectivity index (χ0v) is 15.0. The number of pyridine rings is 1. The van der Waals surface area contributed by atoms with Gasteiger partial charge < -0.3 is 0 Å². The molecule has 0 amide bonds. The number of benzene rings is 2. The van der Waals surface area contributed by atoms with E-state index >= 15 is 0 Å². The van der Waals surface area contributed by atoms with Crippen LogP contribution in [0, 0.1) is 11.3 Å². The van der Waals surface area contributed by atoms with Crippen LogP contribution in [-0.2, 0) is 0 Å². The van der Waals surface area contributed by atoms with Crippen molar-refractivity contribution in [1.29, 1.82) is 5.26 Å². The minimum atomic E-state index is 0.421. The molecule has 0 N–H and O–H groups in total. The van der Waals surface area contributed by atoms with E-state index in [2.05, 4.69) is 11.1 Å². The second kappa shape index (κ2) is 7.01. The fraction of sp³-hybridized carbons (Fsp3) is 0. The van der Waals surface area contributed by atoms with Crippen molar-refractivity contribution in [3.63, 3.8) is 0 Å². The lowest BCUT2D eigenvalue weighted by Gasteiger charge is -2.09. The molecule has 6 heteroatoms. The van der Waals surface area contributed by atoms with E-state index in [-0.39, 0.29) is 0 Å². The Morgan fingerprint density at radius 1 is 0.708 bits per heavy atom. The normalized spacial score (nSPS) is 10.5. The zero-order valence-electron chi connectivity index (χ0n) is 12.0. The summed E-state index contributed by atoms with van der Waals surface area (Å²) in [6.45, 7) is 0. The van der Waals surface area contributed by atoms with Crippen molar-refractivity contribution in [3.05, 3.63) is 74.2 Å². The lowest BCUT2D eigenvalue weighted by atomic mass is 10.0. The molecule has 0 radical (unpaired) electrons. The molecule has 24 heavy (non-hydrogen) atoms. The first-order chi connectivity index (χ1) is 11.5. The summed E-state index contributed by atoms with van der Waals surface area (Å²) in [5, 5.41) is 11.3. The minimum Gasteiger partial charge on any atom is -0.246 e. The van der Waals surface area contributed by atoms with Crippen LogP contribution in [0.1, 0.15) is 5.56 Å². The second-order valence-corrected chi connectivity index (χ2v) is 6.77. The summed E-state index contributed by atoms with van der Waals surface area (Å²) in [4.78, 5) is 4.59. The van der Waals surface area contributed by atoms with E-state index in [1.54, 1.807) is 48.5 Å². The Kier molecular flexibility index (Phi) is 4.99. The molecule has 0 saturated carbocycles. The Bertz CT molecular complexity index is 937. The molecule has 0 spiro atoms. The van der Waals surface area contributed by atoms with Gasteiger partial charge in [0.1, 0.15) is 6.07 Å². The quantitative estimate of drug-likeness (QED) is 0.474. The number of rotatable bonds is 2. The standard InChI is InChI=1S/C18H8Cl4N2/c19-13-3-11(4-14(20)7-13)17-2-1-10(9-23)18(24-17)12-5-15(21)8-16(22)6-12/h1-8H. The molecule has 0 aliphatic rings. The summed E-state index contributed by atoms with van der Waals surface area (Å²) in [5.74, 6) is 0. The summed E-state index contributed by atoms with van der Waals surface area (Å²) in [6, 6.07) is 15.8. The number of aromatic nitrogens is 1. The Balaban J connectivity index is 2.21.